The summed E-state index contributed by atoms with van der Waals surface area (Å²) in [5, 5.41) is 3.32. The number of methoxy groups -OCH3 is 1. The molecule has 0 aliphatic heterocycles. The number of hydrogen-bond acceptors (Lipinski definition) is 2. The second kappa shape index (κ2) is 5.66. The predicted molar refractivity (Wildman–Crippen MR) is 60.0 cm³/mol. The number of ether oxygens (including phenoxy) is 1. The van der Waals surface area contributed by atoms with Gasteiger partial charge in [-0.05, 0) is 49.7 Å². The van der Waals surface area contributed by atoms with Crippen LogP contribution in [0.3, 0.4) is 0 Å². The number of rotatable bonds is 5. The molecule has 0 aliphatic rings. The van der Waals surface area contributed by atoms with Crippen LogP contribution in [0.25, 0.3) is 0 Å². The molecule has 0 fully saturated rings. The molecule has 1 rings (SSSR count). The Morgan fingerprint density at radius 1 is 1.36 bits per heavy atom. The van der Waals surface area contributed by atoms with E-state index in [1.165, 1.54) is 11.1 Å². The van der Waals surface area contributed by atoms with Crippen LogP contribution in [0.5, 0.6) is 5.75 Å². The fourth-order valence-electron chi connectivity index (χ4n) is 1.44. The normalized spacial score (nSPS) is 10.2. The van der Waals surface area contributed by atoms with Crippen molar-refractivity contribution in [3.63, 3.8) is 0 Å². The minimum Gasteiger partial charge on any atom is -0.497 e. The van der Waals surface area contributed by atoms with Crippen molar-refractivity contribution < 1.29 is 4.74 Å². The number of likely N-dealkylation sites (N-methyl/N-ethyl adjacent to an activating group) is 1. The SMILES string of the molecule is CCNCCc1cc(OC)ccc1C. The maximum absolute atomic E-state index is 5.20. The fourth-order valence-corrected chi connectivity index (χ4v) is 1.44. The summed E-state index contributed by atoms with van der Waals surface area (Å²) in [5.41, 5.74) is 2.70. The van der Waals surface area contributed by atoms with Gasteiger partial charge in [0.15, 0.2) is 0 Å². The van der Waals surface area contributed by atoms with Crippen LogP contribution in [0, 0.1) is 6.92 Å². The average Bonchev–Trinajstić information content (AvgIpc) is 2.21. The first-order valence-electron chi connectivity index (χ1n) is 5.12. The molecule has 0 amide bonds. The summed E-state index contributed by atoms with van der Waals surface area (Å²) in [6.45, 7) is 6.33. The van der Waals surface area contributed by atoms with Gasteiger partial charge in [-0.1, -0.05) is 13.0 Å². The third-order valence-corrected chi connectivity index (χ3v) is 2.38. The molecule has 0 unspecified atom stereocenters. The van der Waals surface area contributed by atoms with Gasteiger partial charge in [-0.3, -0.25) is 0 Å². The van der Waals surface area contributed by atoms with Gasteiger partial charge in [-0.2, -0.15) is 0 Å². The molecule has 14 heavy (non-hydrogen) atoms. The molecular formula is C12H19NO. The van der Waals surface area contributed by atoms with Crippen molar-refractivity contribution in [2.75, 3.05) is 20.2 Å². The molecule has 78 valence electrons. The van der Waals surface area contributed by atoms with Crippen molar-refractivity contribution in [1.82, 2.24) is 5.32 Å². The second-order valence-corrected chi connectivity index (χ2v) is 3.40. The van der Waals surface area contributed by atoms with Gasteiger partial charge in [0.2, 0.25) is 0 Å². The highest BCUT2D eigenvalue weighted by atomic mass is 16.5. The van der Waals surface area contributed by atoms with Crippen molar-refractivity contribution in [3.05, 3.63) is 29.3 Å². The van der Waals surface area contributed by atoms with Gasteiger partial charge >= 0.3 is 0 Å². The van der Waals surface area contributed by atoms with E-state index in [4.69, 9.17) is 4.74 Å². The molecule has 0 heterocycles. The maximum Gasteiger partial charge on any atom is 0.119 e. The minimum absolute atomic E-state index is 0.946. The first-order chi connectivity index (χ1) is 6.77. The van der Waals surface area contributed by atoms with Crippen LogP contribution in [0.2, 0.25) is 0 Å². The van der Waals surface area contributed by atoms with Crippen LogP contribution in [0.15, 0.2) is 18.2 Å². The molecule has 0 saturated heterocycles. The van der Waals surface area contributed by atoms with Crippen LogP contribution in [0.1, 0.15) is 18.1 Å². The Kier molecular flexibility index (Phi) is 4.47. The molecule has 1 aromatic carbocycles. The van der Waals surface area contributed by atoms with Crippen molar-refractivity contribution in [2.45, 2.75) is 20.3 Å². The molecule has 2 nitrogen and oxygen atoms in total. The Hall–Kier alpha value is -1.02. The van der Waals surface area contributed by atoms with Gasteiger partial charge in [0, 0.05) is 0 Å². The summed E-state index contributed by atoms with van der Waals surface area (Å²) in [5.74, 6) is 0.946. The second-order valence-electron chi connectivity index (χ2n) is 3.40. The molecule has 0 bridgehead atoms. The monoisotopic (exact) mass is 193 g/mol. The van der Waals surface area contributed by atoms with Crippen LogP contribution >= 0.6 is 0 Å². The third-order valence-electron chi connectivity index (χ3n) is 2.38. The van der Waals surface area contributed by atoms with E-state index in [1.807, 2.05) is 6.07 Å². The molecule has 0 aromatic heterocycles. The standard InChI is InChI=1S/C12H19NO/c1-4-13-8-7-11-9-12(14-3)6-5-10(11)2/h5-6,9,13H,4,7-8H2,1-3H3. The van der Waals surface area contributed by atoms with Crippen molar-refractivity contribution in [1.29, 1.82) is 0 Å². The maximum atomic E-state index is 5.20. The zero-order valence-corrected chi connectivity index (χ0v) is 9.26. The molecule has 0 radical (unpaired) electrons. The number of aryl methyl sites for hydroxylation is 1. The van der Waals surface area contributed by atoms with E-state index >= 15 is 0 Å². The van der Waals surface area contributed by atoms with Gasteiger partial charge in [0.25, 0.3) is 0 Å². The Balaban J connectivity index is 2.64. The predicted octanol–water partition coefficient (Wildman–Crippen LogP) is 2.16. The highest BCUT2D eigenvalue weighted by Crippen LogP contribution is 2.17. The van der Waals surface area contributed by atoms with E-state index in [0.717, 1.165) is 25.3 Å². The Morgan fingerprint density at radius 3 is 2.79 bits per heavy atom. The van der Waals surface area contributed by atoms with Crippen molar-refractivity contribution in [3.8, 4) is 5.75 Å². The summed E-state index contributed by atoms with van der Waals surface area (Å²) < 4.78 is 5.20. The van der Waals surface area contributed by atoms with Crippen LogP contribution in [-0.4, -0.2) is 20.2 Å². The van der Waals surface area contributed by atoms with E-state index in [1.54, 1.807) is 7.11 Å². The lowest BCUT2D eigenvalue weighted by Crippen LogP contribution is -2.16. The molecule has 2 heteroatoms. The summed E-state index contributed by atoms with van der Waals surface area (Å²) in [6.07, 6.45) is 1.07. The van der Waals surface area contributed by atoms with E-state index in [0.29, 0.717) is 0 Å². The highest BCUT2D eigenvalue weighted by molar-refractivity contribution is 5.35. The van der Waals surface area contributed by atoms with E-state index in [9.17, 15) is 0 Å². The molecule has 0 saturated carbocycles. The minimum atomic E-state index is 0.946. The average molecular weight is 193 g/mol. The van der Waals surface area contributed by atoms with Gasteiger partial charge in [0.1, 0.15) is 5.75 Å². The number of benzene rings is 1. The van der Waals surface area contributed by atoms with Gasteiger partial charge in [-0.25, -0.2) is 0 Å². The van der Waals surface area contributed by atoms with Crippen molar-refractivity contribution >= 4 is 0 Å². The Morgan fingerprint density at radius 2 is 2.14 bits per heavy atom. The molecule has 0 atom stereocenters. The number of nitrogens with one attached hydrogen (secondary N) is 1. The highest BCUT2D eigenvalue weighted by Gasteiger charge is 1.99. The first kappa shape index (κ1) is 11.1. The van der Waals surface area contributed by atoms with E-state index in [2.05, 4.69) is 31.3 Å². The van der Waals surface area contributed by atoms with Crippen molar-refractivity contribution in [2.24, 2.45) is 0 Å². The summed E-state index contributed by atoms with van der Waals surface area (Å²) >= 11 is 0. The van der Waals surface area contributed by atoms with E-state index in [-0.39, 0.29) is 0 Å². The van der Waals surface area contributed by atoms with Crippen LogP contribution < -0.4 is 10.1 Å². The first-order valence-corrected chi connectivity index (χ1v) is 5.12. The largest absolute Gasteiger partial charge is 0.497 e. The zero-order valence-electron chi connectivity index (χ0n) is 9.26. The molecule has 0 spiro atoms. The Labute approximate surface area is 86.3 Å². The number of hydrogen-bond donors (Lipinski definition) is 1. The lowest BCUT2D eigenvalue weighted by molar-refractivity contribution is 0.414. The third kappa shape index (κ3) is 3.04. The van der Waals surface area contributed by atoms with Gasteiger partial charge < -0.3 is 10.1 Å². The lowest BCUT2D eigenvalue weighted by Gasteiger charge is -2.08. The smallest absolute Gasteiger partial charge is 0.119 e. The zero-order chi connectivity index (χ0) is 10.4. The fraction of sp³-hybridized carbons (Fsp3) is 0.500. The van der Waals surface area contributed by atoms with E-state index < -0.39 is 0 Å². The molecular weight excluding hydrogens is 174 g/mol. The summed E-state index contributed by atoms with van der Waals surface area (Å²) in [6, 6.07) is 6.23. The summed E-state index contributed by atoms with van der Waals surface area (Å²) in [4.78, 5) is 0. The molecule has 1 N–H and O–H groups in total. The van der Waals surface area contributed by atoms with Crippen LogP contribution in [-0.2, 0) is 6.42 Å². The van der Waals surface area contributed by atoms with Gasteiger partial charge in [0.05, 0.1) is 7.11 Å². The van der Waals surface area contributed by atoms with Gasteiger partial charge in [-0.15, -0.1) is 0 Å². The quantitative estimate of drug-likeness (QED) is 0.723. The lowest BCUT2D eigenvalue weighted by atomic mass is 10.1. The molecule has 1 aromatic rings. The molecule has 0 aliphatic carbocycles. The summed E-state index contributed by atoms with van der Waals surface area (Å²) in [7, 11) is 1.71. The topological polar surface area (TPSA) is 21.3 Å². The Bertz CT molecular complexity index is 284. The van der Waals surface area contributed by atoms with Crippen LogP contribution in [0.4, 0.5) is 0 Å².